The van der Waals surface area contributed by atoms with E-state index < -0.39 is 24.1 Å². The summed E-state index contributed by atoms with van der Waals surface area (Å²) in [6.45, 7) is 0.724. The Morgan fingerprint density at radius 3 is 2.68 bits per heavy atom. The number of ether oxygens (including phenoxy) is 2. The fourth-order valence-electron chi connectivity index (χ4n) is 2.22. The third kappa shape index (κ3) is 2.69. The van der Waals surface area contributed by atoms with Crippen LogP contribution < -0.4 is 0 Å². The molecule has 2 heterocycles. The van der Waals surface area contributed by atoms with E-state index in [1.807, 2.05) is 0 Å². The Labute approximate surface area is 110 Å². The van der Waals surface area contributed by atoms with E-state index in [4.69, 9.17) is 4.84 Å². The minimum Gasteiger partial charge on any atom is -0.468 e. The molecule has 0 aliphatic carbocycles. The molecule has 0 radical (unpaired) electrons. The number of fused-ring (bicyclic) bond motifs is 1. The molecule has 2 saturated heterocycles. The van der Waals surface area contributed by atoms with Crippen LogP contribution >= 0.6 is 0 Å². The maximum absolute atomic E-state index is 12.2. The normalized spacial score (nSPS) is 27.1. The van der Waals surface area contributed by atoms with Crippen molar-refractivity contribution in [3.05, 3.63) is 0 Å². The summed E-state index contributed by atoms with van der Waals surface area (Å²) in [6.07, 6.45) is -0.513. The summed E-state index contributed by atoms with van der Waals surface area (Å²) in [5, 5.41) is 1.48. The van der Waals surface area contributed by atoms with E-state index in [1.165, 1.54) is 24.2 Å². The molecule has 2 rings (SSSR count). The van der Waals surface area contributed by atoms with Crippen LogP contribution in [-0.4, -0.2) is 73.8 Å². The first-order valence-electron chi connectivity index (χ1n) is 5.93. The van der Waals surface area contributed by atoms with Gasteiger partial charge in [-0.05, 0) is 0 Å². The van der Waals surface area contributed by atoms with Gasteiger partial charge in [-0.2, -0.15) is 5.06 Å². The molecule has 0 unspecified atom stereocenters. The maximum atomic E-state index is 12.2. The Hall–Kier alpha value is -1.67. The summed E-state index contributed by atoms with van der Waals surface area (Å²) in [4.78, 5) is 41.5. The van der Waals surface area contributed by atoms with Gasteiger partial charge >= 0.3 is 11.9 Å². The van der Waals surface area contributed by atoms with Gasteiger partial charge in [0.2, 0.25) is 5.91 Å². The number of hydroxylamine groups is 2. The number of esters is 2. The van der Waals surface area contributed by atoms with Gasteiger partial charge in [-0.1, -0.05) is 0 Å². The standard InChI is InChI=1S/C11H16N2O6/c1-17-9(14)6-12-3-4-13-7(10(12)15)5-8(19-13)11(16)18-2/h7-8H,3-6H2,1-2H3/t7-,8+/m0/s1. The van der Waals surface area contributed by atoms with E-state index in [-0.39, 0.29) is 18.9 Å². The second kappa shape index (κ2) is 5.54. The van der Waals surface area contributed by atoms with Crippen LogP contribution in [0.3, 0.4) is 0 Å². The van der Waals surface area contributed by atoms with Crippen LogP contribution in [0.5, 0.6) is 0 Å². The van der Waals surface area contributed by atoms with E-state index in [0.29, 0.717) is 13.1 Å². The first-order valence-corrected chi connectivity index (χ1v) is 5.93. The molecular formula is C11H16N2O6. The van der Waals surface area contributed by atoms with Crippen molar-refractivity contribution in [1.29, 1.82) is 0 Å². The average Bonchev–Trinajstić information content (AvgIpc) is 2.85. The van der Waals surface area contributed by atoms with Gasteiger partial charge in [0, 0.05) is 19.5 Å². The van der Waals surface area contributed by atoms with Crippen molar-refractivity contribution >= 4 is 17.8 Å². The Morgan fingerprint density at radius 1 is 1.32 bits per heavy atom. The molecule has 2 aliphatic heterocycles. The average molecular weight is 272 g/mol. The number of carbonyl (C=O) groups excluding carboxylic acids is 3. The van der Waals surface area contributed by atoms with Crippen LogP contribution in [-0.2, 0) is 28.7 Å². The molecule has 106 valence electrons. The van der Waals surface area contributed by atoms with Crippen molar-refractivity contribution in [2.45, 2.75) is 18.6 Å². The van der Waals surface area contributed by atoms with Gasteiger partial charge in [-0.15, -0.1) is 0 Å². The number of methoxy groups -OCH3 is 2. The summed E-state index contributed by atoms with van der Waals surface area (Å²) in [5.41, 5.74) is 0. The zero-order valence-electron chi connectivity index (χ0n) is 10.8. The van der Waals surface area contributed by atoms with Crippen LogP contribution in [0.2, 0.25) is 0 Å². The lowest BCUT2D eigenvalue weighted by molar-refractivity contribution is -0.199. The molecule has 19 heavy (non-hydrogen) atoms. The molecule has 0 saturated carbocycles. The predicted octanol–water partition coefficient (Wildman–Crippen LogP) is -1.45. The first-order chi connectivity index (χ1) is 9.06. The quantitative estimate of drug-likeness (QED) is 0.581. The molecule has 2 atom stereocenters. The molecule has 0 aromatic heterocycles. The molecule has 0 spiro atoms. The van der Waals surface area contributed by atoms with Crippen LogP contribution in [0.15, 0.2) is 0 Å². The van der Waals surface area contributed by atoms with Gasteiger partial charge in [-0.3, -0.25) is 14.4 Å². The summed E-state index contributed by atoms with van der Waals surface area (Å²) in [6, 6.07) is -0.539. The van der Waals surface area contributed by atoms with Crippen molar-refractivity contribution in [2.75, 3.05) is 33.9 Å². The number of piperazine rings is 1. The van der Waals surface area contributed by atoms with Gasteiger partial charge < -0.3 is 14.4 Å². The monoisotopic (exact) mass is 272 g/mol. The molecular weight excluding hydrogens is 256 g/mol. The minimum absolute atomic E-state index is 0.0808. The summed E-state index contributed by atoms with van der Waals surface area (Å²) in [5.74, 6) is -1.20. The van der Waals surface area contributed by atoms with E-state index in [2.05, 4.69) is 9.47 Å². The maximum Gasteiger partial charge on any atom is 0.337 e. The number of hydrogen-bond acceptors (Lipinski definition) is 7. The molecule has 0 aromatic rings. The highest BCUT2D eigenvalue weighted by Crippen LogP contribution is 2.26. The van der Waals surface area contributed by atoms with Crippen LogP contribution in [0.1, 0.15) is 6.42 Å². The molecule has 0 bridgehead atoms. The van der Waals surface area contributed by atoms with Gasteiger partial charge in [0.05, 0.1) is 14.2 Å². The fraction of sp³-hybridized carbons (Fsp3) is 0.727. The largest absolute Gasteiger partial charge is 0.468 e. The topological polar surface area (TPSA) is 85.4 Å². The third-order valence-corrected chi connectivity index (χ3v) is 3.25. The highest BCUT2D eigenvalue weighted by molar-refractivity contribution is 5.87. The number of hydrogen-bond donors (Lipinski definition) is 0. The van der Waals surface area contributed by atoms with E-state index in [0.717, 1.165) is 0 Å². The smallest absolute Gasteiger partial charge is 0.337 e. The Bertz CT molecular complexity index is 399. The fourth-order valence-corrected chi connectivity index (χ4v) is 2.22. The van der Waals surface area contributed by atoms with Crippen molar-refractivity contribution in [3.8, 4) is 0 Å². The van der Waals surface area contributed by atoms with E-state index in [1.54, 1.807) is 0 Å². The number of carbonyl (C=O) groups is 3. The Kier molecular flexibility index (Phi) is 4.01. The summed E-state index contributed by atoms with van der Waals surface area (Å²) >= 11 is 0. The Morgan fingerprint density at radius 2 is 2.05 bits per heavy atom. The predicted molar refractivity (Wildman–Crippen MR) is 60.6 cm³/mol. The van der Waals surface area contributed by atoms with E-state index >= 15 is 0 Å². The van der Waals surface area contributed by atoms with Gasteiger partial charge in [-0.25, -0.2) is 4.79 Å². The first kappa shape index (κ1) is 13.8. The SMILES string of the molecule is COC(=O)CN1CCN2O[C@@H](C(=O)OC)C[C@H]2C1=O. The lowest BCUT2D eigenvalue weighted by Gasteiger charge is -2.34. The van der Waals surface area contributed by atoms with Crippen LogP contribution in [0, 0.1) is 0 Å². The van der Waals surface area contributed by atoms with Crippen molar-refractivity contribution in [2.24, 2.45) is 0 Å². The van der Waals surface area contributed by atoms with Crippen LogP contribution in [0.4, 0.5) is 0 Å². The summed E-state index contributed by atoms with van der Waals surface area (Å²) < 4.78 is 9.13. The van der Waals surface area contributed by atoms with Crippen molar-refractivity contribution in [1.82, 2.24) is 9.96 Å². The second-order valence-corrected chi connectivity index (χ2v) is 4.35. The third-order valence-electron chi connectivity index (χ3n) is 3.25. The highest BCUT2D eigenvalue weighted by atomic mass is 16.7. The molecule has 0 aromatic carbocycles. The van der Waals surface area contributed by atoms with Crippen molar-refractivity contribution < 1.29 is 28.7 Å². The van der Waals surface area contributed by atoms with Gasteiger partial charge in [0.25, 0.3) is 0 Å². The molecule has 0 N–H and O–H groups in total. The second-order valence-electron chi connectivity index (χ2n) is 4.35. The van der Waals surface area contributed by atoms with Gasteiger partial charge in [0.15, 0.2) is 6.10 Å². The van der Waals surface area contributed by atoms with E-state index in [9.17, 15) is 14.4 Å². The Balaban J connectivity index is 2.00. The minimum atomic E-state index is -0.753. The zero-order valence-corrected chi connectivity index (χ0v) is 10.8. The number of amides is 1. The molecule has 8 heteroatoms. The van der Waals surface area contributed by atoms with Crippen LogP contribution in [0.25, 0.3) is 0 Å². The number of rotatable bonds is 3. The summed E-state index contributed by atoms with van der Waals surface area (Å²) in [7, 11) is 2.55. The molecule has 8 nitrogen and oxygen atoms in total. The molecule has 1 amide bonds. The number of nitrogens with zero attached hydrogens (tertiary/aromatic N) is 2. The molecule has 2 aliphatic rings. The zero-order chi connectivity index (χ0) is 14.0. The highest BCUT2D eigenvalue weighted by Gasteiger charge is 2.46. The molecule has 2 fully saturated rings. The van der Waals surface area contributed by atoms with Gasteiger partial charge in [0.1, 0.15) is 12.6 Å². The lowest BCUT2D eigenvalue weighted by atomic mass is 10.1. The van der Waals surface area contributed by atoms with Crippen molar-refractivity contribution in [3.63, 3.8) is 0 Å². The lowest BCUT2D eigenvalue weighted by Crippen LogP contribution is -2.55.